The van der Waals surface area contributed by atoms with Crippen molar-refractivity contribution in [2.45, 2.75) is 11.8 Å². The van der Waals surface area contributed by atoms with Crippen molar-refractivity contribution in [2.75, 3.05) is 16.6 Å². The number of ether oxygens (including phenoxy) is 1. The second kappa shape index (κ2) is 9.07. The molecule has 2 aromatic carbocycles. The van der Waals surface area contributed by atoms with Crippen LogP contribution in [0.2, 0.25) is 5.02 Å². The van der Waals surface area contributed by atoms with Gasteiger partial charge in [0.2, 0.25) is 0 Å². The Kier molecular flexibility index (Phi) is 6.82. The van der Waals surface area contributed by atoms with E-state index in [1.165, 1.54) is 24.3 Å². The van der Waals surface area contributed by atoms with Gasteiger partial charge in [-0.2, -0.15) is 5.26 Å². The maximum Gasteiger partial charge on any atom is 0.350 e. The second-order valence-electron chi connectivity index (χ2n) is 5.14. The van der Waals surface area contributed by atoms with E-state index >= 15 is 0 Å². The zero-order chi connectivity index (χ0) is 19.9. The number of nitrogens with one attached hydrogen (secondary N) is 2. The van der Waals surface area contributed by atoms with Crippen molar-refractivity contribution < 1.29 is 17.9 Å². The number of nitrogens with zero attached hydrogens (tertiary/aromatic N) is 1. The Morgan fingerprint density at radius 2 is 1.93 bits per heavy atom. The number of hydrogen-bond donors (Lipinski definition) is 2. The number of anilines is 2. The van der Waals surface area contributed by atoms with Gasteiger partial charge in [0.25, 0.3) is 10.0 Å². The fraction of sp³-hybridized carbons (Fsp3) is 0.111. The molecule has 0 fully saturated rings. The lowest BCUT2D eigenvalue weighted by atomic mass is 10.2. The summed E-state index contributed by atoms with van der Waals surface area (Å²) >= 11 is 5.85. The maximum atomic E-state index is 12.6. The highest BCUT2D eigenvalue weighted by atomic mass is 35.5. The molecule has 0 atom stereocenters. The van der Waals surface area contributed by atoms with Crippen LogP contribution in [0.4, 0.5) is 11.4 Å². The van der Waals surface area contributed by atoms with Crippen molar-refractivity contribution in [2.24, 2.45) is 0 Å². The van der Waals surface area contributed by atoms with Gasteiger partial charge in [0.1, 0.15) is 6.07 Å². The summed E-state index contributed by atoms with van der Waals surface area (Å²) in [5, 5.41) is 12.1. The summed E-state index contributed by atoms with van der Waals surface area (Å²) in [6.45, 7) is 1.76. The number of hydrogen-bond acceptors (Lipinski definition) is 6. The predicted molar refractivity (Wildman–Crippen MR) is 103 cm³/mol. The molecule has 0 aliphatic heterocycles. The zero-order valence-electron chi connectivity index (χ0n) is 14.3. The molecule has 0 bridgehead atoms. The summed E-state index contributed by atoms with van der Waals surface area (Å²) in [6.07, 6.45) is 1.16. The van der Waals surface area contributed by atoms with Gasteiger partial charge in [0, 0.05) is 11.2 Å². The summed E-state index contributed by atoms with van der Waals surface area (Å²) in [5.74, 6) is -0.774. The molecule has 140 valence electrons. The molecular weight excluding hydrogens is 390 g/mol. The molecule has 0 aliphatic rings. The number of carbonyl (C=O) groups excluding carboxylic acids is 1. The number of esters is 1. The Balaban J connectivity index is 2.28. The highest BCUT2D eigenvalue weighted by Crippen LogP contribution is 2.25. The van der Waals surface area contributed by atoms with Crippen LogP contribution < -0.4 is 10.0 Å². The number of rotatable bonds is 7. The van der Waals surface area contributed by atoms with E-state index < -0.39 is 16.0 Å². The minimum absolute atomic E-state index is 0.00424. The summed E-state index contributed by atoms with van der Waals surface area (Å²) < 4.78 is 32.3. The van der Waals surface area contributed by atoms with Crippen LogP contribution in [0.25, 0.3) is 0 Å². The first-order chi connectivity index (χ1) is 12.9. The first-order valence-electron chi connectivity index (χ1n) is 7.78. The van der Waals surface area contributed by atoms with Crippen LogP contribution in [0, 0.1) is 11.3 Å². The van der Waals surface area contributed by atoms with E-state index in [1.807, 2.05) is 0 Å². The van der Waals surface area contributed by atoms with E-state index in [0.29, 0.717) is 10.7 Å². The summed E-state index contributed by atoms with van der Waals surface area (Å²) in [4.78, 5) is 11.7. The van der Waals surface area contributed by atoms with E-state index in [4.69, 9.17) is 21.6 Å². The van der Waals surface area contributed by atoms with Crippen molar-refractivity contribution in [3.8, 4) is 6.07 Å². The summed E-state index contributed by atoms with van der Waals surface area (Å²) in [7, 11) is -3.88. The van der Waals surface area contributed by atoms with Gasteiger partial charge in [-0.3, -0.25) is 4.72 Å². The molecule has 0 heterocycles. The first-order valence-corrected chi connectivity index (χ1v) is 9.65. The molecule has 0 amide bonds. The van der Waals surface area contributed by atoms with Crippen LogP contribution in [0.1, 0.15) is 6.92 Å². The Hall–Kier alpha value is -3.02. The van der Waals surface area contributed by atoms with Crippen LogP contribution >= 0.6 is 11.6 Å². The molecule has 0 radical (unpaired) electrons. The molecule has 9 heteroatoms. The molecule has 0 unspecified atom stereocenters. The Morgan fingerprint density at radius 3 is 2.56 bits per heavy atom. The molecule has 27 heavy (non-hydrogen) atoms. The minimum atomic E-state index is -3.88. The summed E-state index contributed by atoms with van der Waals surface area (Å²) in [5.41, 5.74) is 0.333. The topological polar surface area (TPSA) is 108 Å². The molecule has 0 saturated heterocycles. The summed E-state index contributed by atoms with van der Waals surface area (Å²) in [6, 6.07) is 14.0. The Bertz CT molecular complexity index is 1010. The molecule has 7 nitrogen and oxygen atoms in total. The van der Waals surface area contributed by atoms with Crippen molar-refractivity contribution in [3.05, 3.63) is 65.3 Å². The highest BCUT2D eigenvalue weighted by Gasteiger charge is 2.16. The third-order valence-corrected chi connectivity index (χ3v) is 4.86. The first kappa shape index (κ1) is 20.3. The molecule has 0 aliphatic carbocycles. The SMILES string of the molecule is CCOC(=O)/C(C#N)=C/Nc1ccccc1NS(=O)(=O)c1cccc(Cl)c1. The van der Waals surface area contributed by atoms with Crippen LogP contribution in [0.15, 0.2) is 65.2 Å². The van der Waals surface area contributed by atoms with E-state index in [9.17, 15) is 13.2 Å². The van der Waals surface area contributed by atoms with Crippen LogP contribution in [-0.4, -0.2) is 21.0 Å². The van der Waals surface area contributed by atoms with Gasteiger partial charge < -0.3 is 10.1 Å². The van der Waals surface area contributed by atoms with Gasteiger partial charge in [0.15, 0.2) is 5.57 Å². The van der Waals surface area contributed by atoms with Gasteiger partial charge >= 0.3 is 5.97 Å². The average molecular weight is 406 g/mol. The average Bonchev–Trinajstić information content (AvgIpc) is 2.63. The fourth-order valence-corrected chi connectivity index (χ4v) is 3.41. The molecular formula is C18H16ClN3O4S. The Labute approximate surface area is 162 Å². The second-order valence-corrected chi connectivity index (χ2v) is 7.26. The van der Waals surface area contributed by atoms with Gasteiger partial charge in [0.05, 0.1) is 22.9 Å². The monoisotopic (exact) mass is 405 g/mol. The number of benzene rings is 2. The normalized spacial score (nSPS) is 11.4. The van der Waals surface area contributed by atoms with Crippen LogP contribution in [0.3, 0.4) is 0 Å². The molecule has 0 saturated carbocycles. The molecule has 0 aromatic heterocycles. The van der Waals surface area contributed by atoms with Gasteiger partial charge in [-0.05, 0) is 37.3 Å². The molecule has 2 N–H and O–H groups in total. The van der Waals surface area contributed by atoms with E-state index in [-0.39, 0.29) is 22.8 Å². The van der Waals surface area contributed by atoms with Gasteiger partial charge in [-0.15, -0.1) is 0 Å². The lowest BCUT2D eigenvalue weighted by molar-refractivity contribution is -0.138. The van der Waals surface area contributed by atoms with E-state index in [2.05, 4.69) is 10.0 Å². The van der Waals surface area contributed by atoms with E-state index in [0.717, 1.165) is 6.20 Å². The van der Waals surface area contributed by atoms with Crippen LogP contribution in [0.5, 0.6) is 0 Å². The van der Waals surface area contributed by atoms with Crippen molar-refractivity contribution in [1.29, 1.82) is 5.26 Å². The maximum absolute atomic E-state index is 12.6. The smallest absolute Gasteiger partial charge is 0.350 e. The third kappa shape index (κ3) is 5.48. The molecule has 0 spiro atoms. The van der Waals surface area contributed by atoms with Gasteiger partial charge in [-0.1, -0.05) is 29.8 Å². The largest absolute Gasteiger partial charge is 0.462 e. The molecule has 2 rings (SSSR count). The number of carbonyl (C=O) groups is 1. The third-order valence-electron chi connectivity index (χ3n) is 3.27. The quantitative estimate of drug-likeness (QED) is 0.414. The lowest BCUT2D eigenvalue weighted by Gasteiger charge is -2.13. The Morgan fingerprint density at radius 1 is 1.22 bits per heavy atom. The number of nitriles is 1. The lowest BCUT2D eigenvalue weighted by Crippen LogP contribution is -2.14. The minimum Gasteiger partial charge on any atom is -0.462 e. The molecule has 2 aromatic rings. The predicted octanol–water partition coefficient (Wildman–Crippen LogP) is 3.52. The standard InChI is InChI=1S/C18H16ClN3O4S/c1-2-26-18(23)13(11-20)12-21-16-8-3-4-9-17(16)22-27(24,25)15-7-5-6-14(19)10-15/h3-10,12,21-22H,2H2,1H3/b13-12+. The number of halogens is 1. The van der Waals surface area contributed by atoms with Crippen molar-refractivity contribution >= 4 is 39.0 Å². The van der Waals surface area contributed by atoms with Gasteiger partial charge in [-0.25, -0.2) is 13.2 Å². The zero-order valence-corrected chi connectivity index (χ0v) is 15.8. The highest BCUT2D eigenvalue weighted by molar-refractivity contribution is 7.92. The number of para-hydroxylation sites is 2. The fourth-order valence-electron chi connectivity index (χ4n) is 2.03. The van der Waals surface area contributed by atoms with Crippen molar-refractivity contribution in [1.82, 2.24) is 0 Å². The number of sulfonamides is 1. The van der Waals surface area contributed by atoms with Crippen LogP contribution in [-0.2, 0) is 19.6 Å². The van der Waals surface area contributed by atoms with Crippen molar-refractivity contribution in [3.63, 3.8) is 0 Å². The van der Waals surface area contributed by atoms with E-state index in [1.54, 1.807) is 37.3 Å².